The highest BCUT2D eigenvalue weighted by atomic mass is 16.5. The SMILES string of the molecule is C=C1C2CCCN2c2nc(Nc3ccc(-n4cnc(C)n4)c(OC)c3)ncc2N1C. The Morgan fingerprint density at radius 2 is 2.10 bits per heavy atom. The second kappa shape index (κ2) is 7.01. The molecule has 0 radical (unpaired) electrons. The van der Waals surface area contributed by atoms with Crippen molar-refractivity contribution in [2.75, 3.05) is 35.8 Å². The molecule has 0 bridgehead atoms. The molecule has 5 rings (SSSR count). The highest BCUT2D eigenvalue weighted by molar-refractivity contribution is 5.75. The smallest absolute Gasteiger partial charge is 0.229 e. The molecule has 0 aliphatic carbocycles. The maximum Gasteiger partial charge on any atom is 0.229 e. The van der Waals surface area contributed by atoms with Crippen molar-refractivity contribution in [3.63, 3.8) is 0 Å². The molecule has 2 aromatic heterocycles. The van der Waals surface area contributed by atoms with Gasteiger partial charge in [-0.15, -0.1) is 0 Å². The number of ether oxygens (including phenoxy) is 1. The third-order valence-corrected chi connectivity index (χ3v) is 5.74. The molecule has 9 nitrogen and oxygen atoms in total. The summed E-state index contributed by atoms with van der Waals surface area (Å²) in [7, 11) is 3.67. The van der Waals surface area contributed by atoms with Gasteiger partial charge in [0.15, 0.2) is 5.82 Å². The van der Waals surface area contributed by atoms with Crippen LogP contribution in [0, 0.1) is 6.92 Å². The molecule has 0 saturated carbocycles. The lowest BCUT2D eigenvalue weighted by Gasteiger charge is -2.39. The van der Waals surface area contributed by atoms with E-state index >= 15 is 0 Å². The molecule has 1 atom stereocenters. The highest BCUT2D eigenvalue weighted by Crippen LogP contribution is 2.41. The number of anilines is 4. The monoisotopic (exact) mass is 404 g/mol. The zero-order chi connectivity index (χ0) is 20.8. The Bertz CT molecular complexity index is 1120. The first kappa shape index (κ1) is 18.4. The molecule has 154 valence electrons. The van der Waals surface area contributed by atoms with Crippen LogP contribution in [0.1, 0.15) is 18.7 Å². The number of aromatic nitrogens is 5. The number of aryl methyl sites for hydroxylation is 1. The Hall–Kier alpha value is -3.62. The summed E-state index contributed by atoms with van der Waals surface area (Å²) in [4.78, 5) is 18.0. The first-order chi connectivity index (χ1) is 14.5. The molecule has 0 spiro atoms. The molecule has 9 heteroatoms. The van der Waals surface area contributed by atoms with Crippen molar-refractivity contribution in [2.45, 2.75) is 25.8 Å². The van der Waals surface area contributed by atoms with E-state index in [2.05, 4.69) is 36.8 Å². The molecule has 1 fully saturated rings. The van der Waals surface area contributed by atoms with Crippen LogP contribution in [0.3, 0.4) is 0 Å². The van der Waals surface area contributed by atoms with Crippen LogP contribution in [0.25, 0.3) is 5.69 Å². The molecule has 3 aromatic rings. The number of hydrogen-bond donors (Lipinski definition) is 1. The van der Waals surface area contributed by atoms with Gasteiger partial charge in [0.1, 0.15) is 29.3 Å². The quantitative estimate of drug-likeness (QED) is 0.710. The summed E-state index contributed by atoms with van der Waals surface area (Å²) in [5.74, 6) is 2.88. The second-order valence-corrected chi connectivity index (χ2v) is 7.55. The number of likely N-dealkylation sites (N-methyl/N-ethyl adjacent to an activating group) is 1. The van der Waals surface area contributed by atoms with Crippen LogP contribution in [0.4, 0.5) is 23.1 Å². The van der Waals surface area contributed by atoms with E-state index in [4.69, 9.17) is 9.72 Å². The van der Waals surface area contributed by atoms with E-state index in [0.29, 0.717) is 23.6 Å². The summed E-state index contributed by atoms with van der Waals surface area (Å²) in [5, 5.41) is 7.66. The molecule has 30 heavy (non-hydrogen) atoms. The fraction of sp³-hybridized carbons (Fsp3) is 0.333. The van der Waals surface area contributed by atoms with Crippen molar-refractivity contribution in [1.29, 1.82) is 0 Å². The van der Waals surface area contributed by atoms with Gasteiger partial charge in [0.2, 0.25) is 5.95 Å². The van der Waals surface area contributed by atoms with Crippen molar-refractivity contribution in [3.05, 3.63) is 48.8 Å². The van der Waals surface area contributed by atoms with Gasteiger partial charge < -0.3 is 19.9 Å². The van der Waals surface area contributed by atoms with Crippen LogP contribution in [0.5, 0.6) is 5.75 Å². The number of nitrogens with one attached hydrogen (secondary N) is 1. The number of benzene rings is 1. The van der Waals surface area contributed by atoms with Crippen molar-refractivity contribution in [3.8, 4) is 11.4 Å². The van der Waals surface area contributed by atoms with E-state index in [-0.39, 0.29) is 0 Å². The van der Waals surface area contributed by atoms with Crippen LogP contribution in [0.15, 0.2) is 43.0 Å². The largest absolute Gasteiger partial charge is 0.494 e. The minimum atomic E-state index is 0.316. The first-order valence-corrected chi connectivity index (χ1v) is 9.95. The standard InChI is InChI=1S/C21H24N8O/c1-13-16-6-5-9-28(16)20-18(27(13)3)11-22-21(25-20)24-15-7-8-17(19(10-15)30-4)29-12-23-14(2)26-29/h7-8,10-12,16H,1,5-6,9H2,2-4H3,(H,22,24,25). The number of rotatable bonds is 4. The lowest BCUT2D eigenvalue weighted by Crippen LogP contribution is -2.42. The van der Waals surface area contributed by atoms with Gasteiger partial charge in [-0.25, -0.2) is 14.6 Å². The van der Waals surface area contributed by atoms with E-state index in [1.54, 1.807) is 18.1 Å². The Labute approximate surface area is 175 Å². The molecule has 1 N–H and O–H groups in total. The van der Waals surface area contributed by atoms with Gasteiger partial charge in [0, 0.05) is 31.0 Å². The zero-order valence-corrected chi connectivity index (χ0v) is 17.3. The predicted molar refractivity (Wildman–Crippen MR) is 116 cm³/mol. The molecule has 2 aliphatic heterocycles. The lowest BCUT2D eigenvalue weighted by molar-refractivity contribution is 0.412. The Kier molecular flexibility index (Phi) is 4.30. The fourth-order valence-corrected chi connectivity index (χ4v) is 4.16. The minimum Gasteiger partial charge on any atom is -0.494 e. The summed E-state index contributed by atoms with van der Waals surface area (Å²) in [6.07, 6.45) is 5.78. The predicted octanol–water partition coefficient (Wildman–Crippen LogP) is 3.05. The molecule has 4 heterocycles. The number of nitrogens with zero attached hydrogens (tertiary/aromatic N) is 7. The van der Waals surface area contributed by atoms with Crippen LogP contribution in [-0.4, -0.2) is 51.5 Å². The van der Waals surface area contributed by atoms with Gasteiger partial charge in [0.05, 0.1) is 19.3 Å². The van der Waals surface area contributed by atoms with E-state index in [0.717, 1.165) is 48.0 Å². The summed E-state index contributed by atoms with van der Waals surface area (Å²) in [6.45, 7) is 7.11. The van der Waals surface area contributed by atoms with Gasteiger partial charge in [-0.2, -0.15) is 10.1 Å². The maximum atomic E-state index is 5.57. The maximum absolute atomic E-state index is 5.57. The van der Waals surface area contributed by atoms with Gasteiger partial charge in [0.25, 0.3) is 0 Å². The molecular weight excluding hydrogens is 380 g/mol. The Morgan fingerprint density at radius 1 is 1.23 bits per heavy atom. The van der Waals surface area contributed by atoms with Crippen molar-refractivity contribution < 1.29 is 4.74 Å². The summed E-state index contributed by atoms with van der Waals surface area (Å²) >= 11 is 0. The first-order valence-electron chi connectivity index (χ1n) is 9.95. The summed E-state index contributed by atoms with van der Waals surface area (Å²) < 4.78 is 7.26. The molecule has 1 unspecified atom stereocenters. The normalized spacial score (nSPS) is 17.7. The number of hydrogen-bond acceptors (Lipinski definition) is 8. The van der Waals surface area contributed by atoms with Gasteiger partial charge in [-0.1, -0.05) is 6.58 Å². The van der Waals surface area contributed by atoms with E-state index < -0.39 is 0 Å². The van der Waals surface area contributed by atoms with E-state index in [1.165, 1.54) is 0 Å². The van der Waals surface area contributed by atoms with Crippen molar-refractivity contribution >= 4 is 23.1 Å². The topological polar surface area (TPSA) is 84.2 Å². The Balaban J connectivity index is 1.45. The fourth-order valence-electron chi connectivity index (χ4n) is 4.16. The average molecular weight is 404 g/mol. The number of methoxy groups -OCH3 is 1. The zero-order valence-electron chi connectivity index (χ0n) is 17.3. The van der Waals surface area contributed by atoms with E-state index in [1.807, 2.05) is 38.4 Å². The van der Waals surface area contributed by atoms with Gasteiger partial charge in [-0.05, 0) is 31.9 Å². The Morgan fingerprint density at radius 3 is 2.87 bits per heavy atom. The van der Waals surface area contributed by atoms with Crippen LogP contribution in [0.2, 0.25) is 0 Å². The molecule has 1 saturated heterocycles. The molecule has 2 aliphatic rings. The lowest BCUT2D eigenvalue weighted by atomic mass is 10.1. The summed E-state index contributed by atoms with van der Waals surface area (Å²) in [5.41, 5.74) is 3.74. The minimum absolute atomic E-state index is 0.316. The van der Waals surface area contributed by atoms with Gasteiger partial charge in [-0.3, -0.25) is 0 Å². The van der Waals surface area contributed by atoms with Crippen LogP contribution >= 0.6 is 0 Å². The summed E-state index contributed by atoms with van der Waals surface area (Å²) in [6, 6.07) is 6.10. The third kappa shape index (κ3) is 2.94. The van der Waals surface area contributed by atoms with Crippen LogP contribution in [-0.2, 0) is 0 Å². The van der Waals surface area contributed by atoms with Crippen molar-refractivity contribution in [2.24, 2.45) is 0 Å². The third-order valence-electron chi connectivity index (χ3n) is 5.74. The number of fused-ring (bicyclic) bond motifs is 3. The molecule has 1 aromatic carbocycles. The van der Waals surface area contributed by atoms with Gasteiger partial charge >= 0.3 is 0 Å². The van der Waals surface area contributed by atoms with Crippen molar-refractivity contribution in [1.82, 2.24) is 24.7 Å². The van der Waals surface area contributed by atoms with E-state index in [9.17, 15) is 0 Å². The molecule has 0 amide bonds. The van der Waals surface area contributed by atoms with Crippen LogP contribution < -0.4 is 19.9 Å². The molecular formula is C21H24N8O. The highest BCUT2D eigenvalue weighted by Gasteiger charge is 2.37. The average Bonchev–Trinajstić information content (AvgIpc) is 3.41. The second-order valence-electron chi connectivity index (χ2n) is 7.55.